The van der Waals surface area contributed by atoms with Crippen molar-refractivity contribution >= 4 is 35.2 Å². The van der Waals surface area contributed by atoms with Gasteiger partial charge in [0.1, 0.15) is 0 Å². The second-order valence-electron chi connectivity index (χ2n) is 5.90. The molecule has 0 saturated heterocycles. The van der Waals surface area contributed by atoms with Gasteiger partial charge in [0, 0.05) is 39.9 Å². The number of hydrogen-bond acceptors (Lipinski definition) is 4. The Morgan fingerprint density at radius 2 is 1.57 bits per heavy atom. The fraction of sp³-hybridized carbons (Fsp3) is 0.143. The molecule has 0 aliphatic heterocycles. The van der Waals surface area contributed by atoms with Gasteiger partial charge in [-0.15, -0.1) is 11.8 Å². The molecule has 0 atom stereocenters. The lowest BCUT2D eigenvalue weighted by atomic mass is 10.2. The van der Waals surface area contributed by atoms with Crippen molar-refractivity contribution in [3.05, 3.63) is 88.8 Å². The molecule has 28 heavy (non-hydrogen) atoms. The van der Waals surface area contributed by atoms with Gasteiger partial charge in [-0.3, -0.25) is 9.59 Å². The van der Waals surface area contributed by atoms with E-state index in [-0.39, 0.29) is 11.8 Å². The maximum atomic E-state index is 12.3. The summed E-state index contributed by atoms with van der Waals surface area (Å²) in [5.74, 6) is 0.419. The maximum absolute atomic E-state index is 12.3. The molecule has 0 unspecified atom stereocenters. The quantitative estimate of drug-likeness (QED) is 0.423. The zero-order valence-electron chi connectivity index (χ0n) is 15.0. The summed E-state index contributed by atoms with van der Waals surface area (Å²) in [6.45, 7) is 0.603. The van der Waals surface area contributed by atoms with Crippen molar-refractivity contribution in [2.24, 2.45) is 0 Å². The summed E-state index contributed by atoms with van der Waals surface area (Å²) >= 11 is 7.44. The third kappa shape index (κ3) is 5.65. The van der Waals surface area contributed by atoms with Gasteiger partial charge >= 0.3 is 0 Å². The number of thioether (sulfide) groups is 1. The average molecular weight is 415 g/mol. The van der Waals surface area contributed by atoms with Crippen molar-refractivity contribution in [3.8, 4) is 0 Å². The summed E-state index contributed by atoms with van der Waals surface area (Å²) in [5, 5.41) is 6.08. The van der Waals surface area contributed by atoms with E-state index in [4.69, 9.17) is 16.0 Å². The van der Waals surface area contributed by atoms with Crippen molar-refractivity contribution in [1.29, 1.82) is 0 Å². The molecule has 1 aromatic heterocycles. The first-order valence-electron chi connectivity index (χ1n) is 8.69. The lowest BCUT2D eigenvalue weighted by molar-refractivity contribution is 0.0910. The van der Waals surface area contributed by atoms with E-state index in [2.05, 4.69) is 10.6 Å². The molecule has 0 aliphatic carbocycles. The number of nitrogens with one attached hydrogen (secondary N) is 2. The van der Waals surface area contributed by atoms with Crippen molar-refractivity contribution in [2.45, 2.75) is 10.6 Å². The lowest BCUT2D eigenvalue weighted by Gasteiger charge is -2.07. The summed E-state index contributed by atoms with van der Waals surface area (Å²) in [6, 6.07) is 18.4. The van der Waals surface area contributed by atoms with Crippen molar-refractivity contribution < 1.29 is 14.0 Å². The van der Waals surface area contributed by atoms with Crippen molar-refractivity contribution in [3.63, 3.8) is 0 Å². The molecule has 2 N–H and O–H groups in total. The van der Waals surface area contributed by atoms with Gasteiger partial charge in [0.05, 0.1) is 6.26 Å². The summed E-state index contributed by atoms with van der Waals surface area (Å²) in [4.78, 5) is 25.5. The van der Waals surface area contributed by atoms with Crippen LogP contribution in [0.2, 0.25) is 5.02 Å². The number of amides is 2. The summed E-state index contributed by atoms with van der Waals surface area (Å²) in [5.41, 5.74) is 1.35. The van der Waals surface area contributed by atoms with Crippen LogP contribution in [0.1, 0.15) is 26.5 Å². The number of benzene rings is 2. The highest BCUT2D eigenvalue weighted by molar-refractivity contribution is 7.98. The molecule has 0 aliphatic rings. The Balaban J connectivity index is 1.44. The molecule has 0 spiro atoms. The first-order valence-corrected chi connectivity index (χ1v) is 10.1. The van der Waals surface area contributed by atoms with Crippen molar-refractivity contribution in [2.75, 3.05) is 13.1 Å². The standard InChI is InChI=1S/C21H19ClN2O3S/c22-17-8-6-15(7-9-17)20(25)23-11-12-24-21(26)19-16(10-13-27-19)14-28-18-4-2-1-3-5-18/h1-10,13H,11-12,14H2,(H,23,25)(H,24,26). The molecule has 2 aromatic carbocycles. The first-order chi connectivity index (χ1) is 13.6. The Kier molecular flexibility index (Phi) is 7.17. The molecule has 2 amide bonds. The zero-order valence-corrected chi connectivity index (χ0v) is 16.6. The maximum Gasteiger partial charge on any atom is 0.287 e. The van der Waals surface area contributed by atoms with E-state index in [1.807, 2.05) is 30.3 Å². The first kappa shape index (κ1) is 20.0. The average Bonchev–Trinajstić information content (AvgIpc) is 3.19. The topological polar surface area (TPSA) is 71.3 Å². The van der Waals surface area contributed by atoms with Crippen LogP contribution in [-0.2, 0) is 5.75 Å². The minimum Gasteiger partial charge on any atom is -0.459 e. The van der Waals surface area contributed by atoms with E-state index < -0.39 is 0 Å². The van der Waals surface area contributed by atoms with E-state index in [9.17, 15) is 9.59 Å². The van der Waals surface area contributed by atoms with E-state index >= 15 is 0 Å². The van der Waals surface area contributed by atoms with Gasteiger partial charge in [-0.1, -0.05) is 29.8 Å². The van der Waals surface area contributed by atoms with Crippen LogP contribution in [0.4, 0.5) is 0 Å². The van der Waals surface area contributed by atoms with Gasteiger partial charge in [0.15, 0.2) is 5.76 Å². The molecule has 0 saturated carbocycles. The second-order valence-corrected chi connectivity index (χ2v) is 7.38. The van der Waals surface area contributed by atoms with E-state index in [0.717, 1.165) is 10.5 Å². The normalized spacial score (nSPS) is 10.5. The largest absolute Gasteiger partial charge is 0.459 e. The fourth-order valence-corrected chi connectivity index (χ4v) is 3.49. The summed E-state index contributed by atoms with van der Waals surface area (Å²) < 4.78 is 5.35. The van der Waals surface area contributed by atoms with Crippen LogP contribution in [0, 0.1) is 0 Å². The van der Waals surface area contributed by atoms with Gasteiger partial charge in [0.25, 0.3) is 11.8 Å². The molecule has 0 fully saturated rings. The van der Waals surface area contributed by atoms with Crippen LogP contribution in [-0.4, -0.2) is 24.9 Å². The van der Waals surface area contributed by atoms with Gasteiger partial charge in [-0.2, -0.15) is 0 Å². The number of furan rings is 1. The predicted molar refractivity (Wildman–Crippen MR) is 111 cm³/mol. The van der Waals surface area contributed by atoms with E-state index in [1.165, 1.54) is 6.26 Å². The number of rotatable bonds is 8. The van der Waals surface area contributed by atoms with E-state index in [1.54, 1.807) is 42.1 Å². The second kappa shape index (κ2) is 10.0. The SMILES string of the molecule is O=C(NCCNC(=O)c1occc1CSc1ccccc1)c1ccc(Cl)cc1. The van der Waals surface area contributed by atoms with Crippen molar-refractivity contribution in [1.82, 2.24) is 10.6 Å². The summed E-state index contributed by atoms with van der Waals surface area (Å²) in [6.07, 6.45) is 1.51. The van der Waals surface area contributed by atoms with Gasteiger partial charge in [-0.05, 0) is 42.5 Å². The highest BCUT2D eigenvalue weighted by Crippen LogP contribution is 2.24. The number of halogens is 1. The van der Waals surface area contributed by atoms with Crippen LogP contribution >= 0.6 is 23.4 Å². The Bertz CT molecular complexity index is 926. The Morgan fingerprint density at radius 1 is 0.893 bits per heavy atom. The molecule has 3 rings (SSSR count). The molecular formula is C21H19ClN2O3S. The minimum absolute atomic E-state index is 0.219. The number of carbonyl (C=O) groups is 2. The van der Waals surface area contributed by atoms with Crippen LogP contribution in [0.5, 0.6) is 0 Å². The lowest BCUT2D eigenvalue weighted by Crippen LogP contribution is -2.34. The number of hydrogen-bond donors (Lipinski definition) is 2. The smallest absolute Gasteiger partial charge is 0.287 e. The molecule has 7 heteroatoms. The zero-order chi connectivity index (χ0) is 19.8. The van der Waals surface area contributed by atoms with Gasteiger partial charge < -0.3 is 15.1 Å². The van der Waals surface area contributed by atoms with Gasteiger partial charge in [0.2, 0.25) is 0 Å². The minimum atomic E-state index is -0.297. The Labute approximate surface area is 172 Å². The molecule has 0 radical (unpaired) electrons. The molecule has 144 valence electrons. The molecule has 3 aromatic rings. The van der Waals surface area contributed by atoms with Crippen LogP contribution in [0.3, 0.4) is 0 Å². The Morgan fingerprint density at radius 3 is 2.29 bits per heavy atom. The van der Waals surface area contributed by atoms with Crippen LogP contribution in [0.25, 0.3) is 0 Å². The fourth-order valence-electron chi connectivity index (χ4n) is 2.46. The monoisotopic (exact) mass is 414 g/mol. The molecule has 1 heterocycles. The van der Waals surface area contributed by atoms with Crippen LogP contribution in [0.15, 0.2) is 76.2 Å². The predicted octanol–water partition coefficient (Wildman–Crippen LogP) is 4.39. The third-order valence-corrected chi connectivity index (χ3v) is 5.21. The molecule has 0 bridgehead atoms. The molecule has 5 nitrogen and oxygen atoms in total. The highest BCUT2D eigenvalue weighted by Gasteiger charge is 2.15. The third-order valence-electron chi connectivity index (χ3n) is 3.89. The van der Waals surface area contributed by atoms with Gasteiger partial charge in [-0.25, -0.2) is 0 Å². The summed E-state index contributed by atoms with van der Waals surface area (Å²) in [7, 11) is 0. The Hall–Kier alpha value is -2.70. The highest BCUT2D eigenvalue weighted by atomic mass is 35.5. The van der Waals surface area contributed by atoms with E-state index in [0.29, 0.717) is 35.2 Å². The molecular weight excluding hydrogens is 396 g/mol. The number of carbonyl (C=O) groups excluding carboxylic acids is 2. The van der Waals surface area contributed by atoms with Crippen LogP contribution < -0.4 is 10.6 Å².